The summed E-state index contributed by atoms with van der Waals surface area (Å²) < 4.78 is 20.2. The summed E-state index contributed by atoms with van der Waals surface area (Å²) in [7, 11) is 1.50. The number of likely N-dealkylation sites (tertiary alicyclic amines) is 3. The molecule has 2 aromatic rings. The van der Waals surface area contributed by atoms with Crippen LogP contribution in [0.1, 0.15) is 80.9 Å². The molecule has 0 spiro atoms. The fourth-order valence-electron chi connectivity index (χ4n) is 10.3. The van der Waals surface area contributed by atoms with E-state index in [2.05, 4.69) is 43.9 Å². The lowest BCUT2D eigenvalue weighted by Gasteiger charge is -2.54. The number of ether oxygens (including phenoxy) is 1. The molecule has 0 radical (unpaired) electrons. The zero-order chi connectivity index (χ0) is 33.8. The monoisotopic (exact) mass is 669 g/mol. The van der Waals surface area contributed by atoms with Crippen molar-refractivity contribution in [2.75, 3.05) is 77.5 Å². The van der Waals surface area contributed by atoms with Crippen LogP contribution in [0.5, 0.6) is 0 Å². The first-order valence-electron chi connectivity index (χ1n) is 19.2. The van der Waals surface area contributed by atoms with Crippen LogP contribution in [0.15, 0.2) is 42.5 Å². The molecule has 7 nitrogen and oxygen atoms in total. The third-order valence-electron chi connectivity index (χ3n) is 13.0. The van der Waals surface area contributed by atoms with E-state index in [4.69, 9.17) is 4.74 Å². The normalized spacial score (nSPS) is 25.7. The molecule has 0 aromatic heterocycles. The van der Waals surface area contributed by atoms with Crippen LogP contribution in [0.4, 0.5) is 10.1 Å². The van der Waals surface area contributed by atoms with Gasteiger partial charge in [-0.15, -0.1) is 0 Å². The highest BCUT2D eigenvalue weighted by atomic mass is 19.1. The van der Waals surface area contributed by atoms with Crippen molar-refractivity contribution in [2.24, 2.45) is 23.7 Å². The molecular weight excluding hydrogens is 613 g/mol. The van der Waals surface area contributed by atoms with Gasteiger partial charge in [-0.25, -0.2) is 4.39 Å². The summed E-state index contributed by atoms with van der Waals surface area (Å²) in [5.74, 6) is 1.45. The van der Waals surface area contributed by atoms with Gasteiger partial charge in [-0.05, 0) is 143 Å². The first-order chi connectivity index (χ1) is 23.9. The number of benzene rings is 2. The van der Waals surface area contributed by atoms with E-state index in [1.54, 1.807) is 6.07 Å². The highest BCUT2D eigenvalue weighted by Gasteiger charge is 2.53. The predicted octanol–water partition coefficient (Wildman–Crippen LogP) is 6.45. The lowest BCUT2D eigenvalue weighted by molar-refractivity contribution is -0.142. The van der Waals surface area contributed by atoms with E-state index in [0.717, 1.165) is 115 Å². The molecule has 8 heteroatoms. The van der Waals surface area contributed by atoms with Crippen molar-refractivity contribution in [3.63, 3.8) is 0 Å². The predicted molar refractivity (Wildman–Crippen MR) is 192 cm³/mol. The smallest absolute Gasteiger partial charge is 0.305 e. The van der Waals surface area contributed by atoms with Crippen molar-refractivity contribution in [1.82, 2.24) is 14.7 Å². The highest BCUT2D eigenvalue weighted by Crippen LogP contribution is 2.54. The number of carbonyl (C=O) groups is 1. The fourth-order valence-corrected chi connectivity index (χ4v) is 10.3. The van der Waals surface area contributed by atoms with Crippen molar-refractivity contribution in [1.29, 1.82) is 5.26 Å². The quantitative estimate of drug-likeness (QED) is 0.241. The average molecular weight is 670 g/mol. The molecule has 1 aliphatic carbocycles. The molecule has 264 valence electrons. The lowest BCUT2D eigenvalue weighted by atomic mass is 9.56. The Morgan fingerprint density at radius 2 is 1.67 bits per heavy atom. The van der Waals surface area contributed by atoms with Crippen molar-refractivity contribution in [2.45, 2.75) is 76.2 Å². The van der Waals surface area contributed by atoms with Gasteiger partial charge in [-0.3, -0.25) is 9.69 Å². The second kappa shape index (κ2) is 15.5. The number of nitriles is 1. The molecule has 7 rings (SSSR count). The van der Waals surface area contributed by atoms with Gasteiger partial charge in [0.2, 0.25) is 0 Å². The van der Waals surface area contributed by atoms with Crippen LogP contribution in [0.2, 0.25) is 0 Å². The van der Waals surface area contributed by atoms with Gasteiger partial charge in [-0.2, -0.15) is 5.26 Å². The topological polar surface area (TPSA) is 63.1 Å². The Kier molecular flexibility index (Phi) is 10.9. The molecule has 0 amide bonds. The molecule has 5 fully saturated rings. The van der Waals surface area contributed by atoms with Crippen LogP contribution in [-0.2, 0) is 21.5 Å². The van der Waals surface area contributed by atoms with Crippen molar-refractivity contribution in [3.05, 3.63) is 65.0 Å². The van der Waals surface area contributed by atoms with Gasteiger partial charge >= 0.3 is 5.97 Å². The minimum atomic E-state index is -0.168. The molecule has 4 heterocycles. The van der Waals surface area contributed by atoms with E-state index in [1.807, 2.05) is 18.2 Å². The van der Waals surface area contributed by atoms with Crippen LogP contribution in [0.25, 0.3) is 0 Å². The highest BCUT2D eigenvalue weighted by molar-refractivity contribution is 5.69. The summed E-state index contributed by atoms with van der Waals surface area (Å²) in [6.45, 7) is 11.7. The van der Waals surface area contributed by atoms with E-state index in [9.17, 15) is 10.1 Å². The second-order valence-corrected chi connectivity index (χ2v) is 15.9. The minimum absolute atomic E-state index is 0.113. The Bertz CT molecular complexity index is 1470. The number of anilines is 1. The van der Waals surface area contributed by atoms with Crippen LogP contribution in [0.3, 0.4) is 0 Å². The lowest BCUT2D eigenvalue weighted by Crippen LogP contribution is -2.58. The van der Waals surface area contributed by atoms with Gasteiger partial charge < -0.3 is 19.4 Å². The van der Waals surface area contributed by atoms with E-state index >= 15 is 4.39 Å². The van der Waals surface area contributed by atoms with Crippen LogP contribution in [0, 0.1) is 40.8 Å². The van der Waals surface area contributed by atoms with Crippen LogP contribution in [-0.4, -0.2) is 93.2 Å². The number of halogens is 1. The molecular formula is C41H56FN5O2. The molecule has 1 saturated carbocycles. The first kappa shape index (κ1) is 34.5. The third-order valence-corrected chi connectivity index (χ3v) is 13.0. The Morgan fingerprint density at radius 1 is 0.898 bits per heavy atom. The summed E-state index contributed by atoms with van der Waals surface area (Å²) >= 11 is 0. The molecule has 5 aliphatic rings. The van der Waals surface area contributed by atoms with E-state index in [-0.39, 0.29) is 23.1 Å². The third kappa shape index (κ3) is 7.55. The Balaban J connectivity index is 1.02. The van der Waals surface area contributed by atoms with Gasteiger partial charge in [0.25, 0.3) is 0 Å². The maximum Gasteiger partial charge on any atom is 0.305 e. The van der Waals surface area contributed by atoms with Gasteiger partial charge in [0, 0.05) is 56.2 Å². The zero-order valence-corrected chi connectivity index (χ0v) is 29.6. The zero-order valence-electron chi connectivity index (χ0n) is 29.6. The Labute approximate surface area is 293 Å². The summed E-state index contributed by atoms with van der Waals surface area (Å²) in [5, 5.41) is 9.77. The summed E-state index contributed by atoms with van der Waals surface area (Å²) in [4.78, 5) is 22.9. The largest absolute Gasteiger partial charge is 0.469 e. The number of piperidine rings is 2. The number of hydrogen-bond acceptors (Lipinski definition) is 7. The number of methoxy groups -OCH3 is 1. The van der Waals surface area contributed by atoms with Crippen molar-refractivity contribution >= 4 is 11.7 Å². The minimum Gasteiger partial charge on any atom is -0.469 e. The maximum absolute atomic E-state index is 15.0. The fraction of sp³-hybridized carbons (Fsp3) is 0.659. The first-order valence-corrected chi connectivity index (χ1v) is 19.2. The number of carbonyl (C=O) groups excluding carboxylic acids is 1. The van der Waals surface area contributed by atoms with E-state index in [0.29, 0.717) is 24.2 Å². The Hall–Kier alpha value is -2.99. The van der Waals surface area contributed by atoms with Crippen molar-refractivity contribution < 1.29 is 13.9 Å². The van der Waals surface area contributed by atoms with Gasteiger partial charge in [0.05, 0.1) is 18.7 Å². The van der Waals surface area contributed by atoms with E-state index in [1.165, 1.54) is 44.0 Å². The average Bonchev–Trinajstić information content (AvgIpc) is 3.55. The SMILES string of the molecule is COC(=O)C[C@H]1CCC[C@@H]1[C@](CN1CCC1)(c1cccc(F)c1)C1CCN(CC2CN(c3ccc(C#N)c(CN4CCCCC4)c3)C2)CC1. The van der Waals surface area contributed by atoms with Crippen LogP contribution < -0.4 is 4.90 Å². The molecule has 0 N–H and O–H groups in total. The molecule has 4 saturated heterocycles. The number of rotatable bonds is 12. The van der Waals surface area contributed by atoms with E-state index < -0.39 is 0 Å². The molecule has 0 unspecified atom stereocenters. The molecule has 2 aromatic carbocycles. The molecule has 3 atom stereocenters. The van der Waals surface area contributed by atoms with Gasteiger partial charge in [0.15, 0.2) is 0 Å². The second-order valence-electron chi connectivity index (χ2n) is 15.9. The summed E-state index contributed by atoms with van der Waals surface area (Å²) in [6, 6.07) is 16.4. The number of nitrogens with zero attached hydrogens (tertiary/aromatic N) is 5. The summed E-state index contributed by atoms with van der Waals surface area (Å²) in [5.41, 5.74) is 4.22. The Morgan fingerprint density at radius 3 is 2.37 bits per heavy atom. The number of esters is 1. The van der Waals surface area contributed by atoms with Crippen LogP contribution >= 0.6 is 0 Å². The number of hydrogen-bond donors (Lipinski definition) is 0. The standard InChI is InChI=1S/C41H56FN5O2/c1-49-40(48)23-32-8-5-11-39(32)41(30-46-18-7-19-46,36-9-6-10-37(42)24-36)35-14-20-45(21-15-35)26-31-27-47(28-31)38-13-12-33(25-43)34(22-38)29-44-16-3-2-4-17-44/h6,9-10,12-13,22,24,31-32,35,39H,2-5,7-8,11,14-21,23,26-30H2,1H3/t32-,39+,41+/m1/s1. The summed E-state index contributed by atoms with van der Waals surface area (Å²) in [6.07, 6.45) is 11.0. The maximum atomic E-state index is 15.0. The van der Waals surface area contributed by atoms with Crippen molar-refractivity contribution in [3.8, 4) is 6.07 Å². The molecule has 0 bridgehead atoms. The molecule has 49 heavy (non-hydrogen) atoms. The van der Waals surface area contributed by atoms with Gasteiger partial charge in [0.1, 0.15) is 5.82 Å². The molecule has 4 aliphatic heterocycles. The van der Waals surface area contributed by atoms with Gasteiger partial charge in [-0.1, -0.05) is 25.0 Å².